The third kappa shape index (κ3) is 6.98. The Balaban J connectivity index is 4.92. The van der Waals surface area contributed by atoms with Gasteiger partial charge in [-0.1, -0.05) is 48.5 Å². The van der Waals surface area contributed by atoms with Crippen LogP contribution >= 0.6 is 0 Å². The predicted octanol–water partition coefficient (Wildman–Crippen LogP) is 5.42. The maximum absolute atomic E-state index is 9.45. The van der Waals surface area contributed by atoms with Crippen molar-refractivity contribution in [2.45, 2.75) is 97.3 Å². The zero-order chi connectivity index (χ0) is 18.7. The molecule has 0 aromatic rings. The number of aliphatic hydroxyl groups excluding tert-OH is 1. The molecule has 0 rings (SSSR count). The molecule has 0 spiro atoms. The lowest BCUT2D eigenvalue weighted by Crippen LogP contribution is -2.47. The van der Waals surface area contributed by atoms with Crippen molar-refractivity contribution in [2.24, 2.45) is 5.92 Å². The van der Waals surface area contributed by atoms with Crippen molar-refractivity contribution in [3.8, 4) is 0 Å². The van der Waals surface area contributed by atoms with Gasteiger partial charge >= 0.3 is 0 Å². The zero-order valence-corrected chi connectivity index (χ0v) is 19.5. The van der Waals surface area contributed by atoms with Crippen LogP contribution in [0.3, 0.4) is 0 Å². The normalized spacial score (nSPS) is 17.2. The molecule has 0 aromatic carbocycles. The van der Waals surface area contributed by atoms with Crippen LogP contribution in [-0.4, -0.2) is 41.1 Å². The van der Waals surface area contributed by atoms with Gasteiger partial charge in [0.2, 0.25) is 0 Å². The molecule has 5 heteroatoms. The first kappa shape index (κ1) is 23.3. The Morgan fingerprint density at radius 3 is 1.65 bits per heavy atom. The Labute approximate surface area is 147 Å². The number of hydrogen-bond donors (Lipinski definition) is 1. The van der Waals surface area contributed by atoms with Gasteiger partial charge in [0.25, 0.3) is 0 Å². The van der Waals surface area contributed by atoms with Crippen LogP contribution in [0.25, 0.3) is 0 Å². The Hall–Kier alpha value is 0.314. The Bertz CT molecular complexity index is 354. The molecule has 0 aliphatic rings. The van der Waals surface area contributed by atoms with Gasteiger partial charge in [0.15, 0.2) is 16.6 Å². The summed E-state index contributed by atoms with van der Waals surface area (Å²) < 4.78 is 12.9. The molecule has 0 amide bonds. The summed E-state index contributed by atoms with van der Waals surface area (Å²) in [5.74, 6) is 0.297. The lowest BCUT2D eigenvalue weighted by molar-refractivity contribution is 0.0667. The minimum Gasteiger partial charge on any atom is -0.416 e. The van der Waals surface area contributed by atoms with E-state index in [1.54, 1.807) is 0 Å². The molecule has 0 aliphatic carbocycles. The highest BCUT2D eigenvalue weighted by atomic mass is 28.4. The first-order chi connectivity index (χ1) is 10.0. The van der Waals surface area contributed by atoms with Crippen LogP contribution in [0.4, 0.5) is 0 Å². The largest absolute Gasteiger partial charge is 0.416 e. The van der Waals surface area contributed by atoms with Crippen LogP contribution in [0.1, 0.15) is 54.9 Å². The average molecular weight is 363 g/mol. The number of aliphatic hydroxyl groups is 1. The molecule has 0 saturated heterocycles. The van der Waals surface area contributed by atoms with Gasteiger partial charge in [-0.25, -0.2) is 0 Å². The van der Waals surface area contributed by atoms with Crippen molar-refractivity contribution in [1.82, 2.24) is 0 Å². The summed E-state index contributed by atoms with van der Waals surface area (Å²) in [6, 6.07) is 0. The molecule has 0 aliphatic heterocycles. The van der Waals surface area contributed by atoms with Gasteiger partial charge in [-0.05, 0) is 42.7 Å². The molecular weight excluding hydrogens is 320 g/mol. The summed E-state index contributed by atoms with van der Waals surface area (Å²) in [6.45, 7) is 25.8. The first-order valence-electron chi connectivity index (χ1n) is 8.98. The maximum Gasteiger partial charge on any atom is 0.192 e. The fourth-order valence-corrected chi connectivity index (χ4v) is 4.38. The summed E-state index contributed by atoms with van der Waals surface area (Å²) in [6.07, 6.45) is 0.764. The van der Waals surface area contributed by atoms with Crippen LogP contribution < -0.4 is 0 Å². The van der Waals surface area contributed by atoms with Crippen LogP contribution in [0.15, 0.2) is 0 Å². The van der Waals surface area contributed by atoms with Gasteiger partial charge in [-0.3, -0.25) is 0 Å². The third-order valence-corrected chi connectivity index (χ3v) is 14.8. The Kier molecular flexibility index (Phi) is 8.24. The van der Waals surface area contributed by atoms with Gasteiger partial charge in [-0.2, -0.15) is 0 Å². The van der Waals surface area contributed by atoms with Crippen molar-refractivity contribution in [3.63, 3.8) is 0 Å². The summed E-state index contributed by atoms with van der Waals surface area (Å²) in [5.41, 5.74) is 0. The van der Waals surface area contributed by atoms with Crippen molar-refractivity contribution < 1.29 is 14.0 Å². The first-order valence-corrected chi connectivity index (χ1v) is 14.8. The fourth-order valence-electron chi connectivity index (χ4n) is 1.81. The molecule has 0 aromatic heterocycles. The molecule has 0 heterocycles. The second-order valence-corrected chi connectivity index (χ2v) is 19.5. The SMILES string of the molecule is C[C@H](CO[Si](C)(C)C(C)(C)C)[C@H](CCO)O[Si](C)(C)C(C)(C)C. The van der Waals surface area contributed by atoms with E-state index in [0.29, 0.717) is 12.3 Å². The Morgan fingerprint density at radius 2 is 1.30 bits per heavy atom. The molecule has 3 nitrogen and oxygen atoms in total. The number of rotatable bonds is 8. The second-order valence-electron chi connectivity index (χ2n) is 9.98. The van der Waals surface area contributed by atoms with E-state index >= 15 is 0 Å². The van der Waals surface area contributed by atoms with E-state index in [1.807, 2.05) is 0 Å². The quantitative estimate of drug-likeness (QED) is 0.586. The minimum absolute atomic E-state index is 0.0747. The molecular formula is C18H42O3Si2. The summed E-state index contributed by atoms with van der Waals surface area (Å²) in [7, 11) is -3.57. The maximum atomic E-state index is 9.45. The van der Waals surface area contributed by atoms with Crippen molar-refractivity contribution >= 4 is 16.6 Å². The lowest BCUT2D eigenvalue weighted by atomic mass is 10.0. The Morgan fingerprint density at radius 1 is 0.870 bits per heavy atom. The van der Waals surface area contributed by atoms with Crippen LogP contribution in [-0.2, 0) is 8.85 Å². The molecule has 0 radical (unpaired) electrons. The van der Waals surface area contributed by atoms with Crippen LogP contribution in [0.2, 0.25) is 36.3 Å². The van der Waals surface area contributed by atoms with E-state index in [2.05, 4.69) is 74.7 Å². The summed E-state index contributed by atoms with van der Waals surface area (Å²) >= 11 is 0. The van der Waals surface area contributed by atoms with Crippen molar-refractivity contribution in [2.75, 3.05) is 13.2 Å². The highest BCUT2D eigenvalue weighted by Crippen LogP contribution is 2.39. The van der Waals surface area contributed by atoms with Gasteiger partial charge in [0.1, 0.15) is 0 Å². The van der Waals surface area contributed by atoms with E-state index in [0.717, 1.165) is 6.61 Å². The average Bonchev–Trinajstić information content (AvgIpc) is 2.32. The standard InChI is InChI=1S/C18H42O3Si2/c1-15(14-20-22(8,9)17(2,3)4)16(12-13-19)21-23(10,11)18(5,6)7/h15-16,19H,12-14H2,1-11H3/t15-,16+/m1/s1. The topological polar surface area (TPSA) is 38.7 Å². The minimum atomic E-state index is -1.83. The number of hydrogen-bond acceptors (Lipinski definition) is 3. The smallest absolute Gasteiger partial charge is 0.192 e. The van der Waals surface area contributed by atoms with Crippen molar-refractivity contribution in [3.05, 3.63) is 0 Å². The monoisotopic (exact) mass is 362 g/mol. The van der Waals surface area contributed by atoms with Gasteiger partial charge in [-0.15, -0.1) is 0 Å². The lowest BCUT2D eigenvalue weighted by Gasteiger charge is -2.42. The zero-order valence-electron chi connectivity index (χ0n) is 17.5. The summed E-state index contributed by atoms with van der Waals surface area (Å²) in [5, 5.41) is 9.85. The van der Waals surface area contributed by atoms with Crippen LogP contribution in [0.5, 0.6) is 0 Å². The van der Waals surface area contributed by atoms with Crippen LogP contribution in [0, 0.1) is 5.92 Å². The molecule has 23 heavy (non-hydrogen) atoms. The molecule has 0 saturated carbocycles. The molecule has 0 fully saturated rings. The highest BCUT2D eigenvalue weighted by Gasteiger charge is 2.41. The molecule has 0 unspecified atom stereocenters. The molecule has 1 N–H and O–H groups in total. The van der Waals surface area contributed by atoms with Crippen molar-refractivity contribution in [1.29, 1.82) is 0 Å². The second kappa shape index (κ2) is 8.13. The molecule has 0 bridgehead atoms. The highest BCUT2D eigenvalue weighted by molar-refractivity contribution is 6.74. The van der Waals surface area contributed by atoms with E-state index in [4.69, 9.17) is 8.85 Å². The third-order valence-electron chi connectivity index (χ3n) is 5.81. The predicted molar refractivity (Wildman–Crippen MR) is 106 cm³/mol. The van der Waals surface area contributed by atoms with E-state index in [1.165, 1.54) is 0 Å². The van der Waals surface area contributed by atoms with E-state index in [-0.39, 0.29) is 22.8 Å². The summed E-state index contributed by atoms with van der Waals surface area (Å²) in [4.78, 5) is 0. The molecule has 2 atom stereocenters. The molecule has 140 valence electrons. The fraction of sp³-hybridized carbons (Fsp3) is 1.00. The van der Waals surface area contributed by atoms with Gasteiger partial charge in [0, 0.05) is 19.1 Å². The van der Waals surface area contributed by atoms with Gasteiger partial charge < -0.3 is 14.0 Å². The van der Waals surface area contributed by atoms with E-state index in [9.17, 15) is 5.11 Å². The van der Waals surface area contributed by atoms with E-state index < -0.39 is 16.6 Å². The van der Waals surface area contributed by atoms with Gasteiger partial charge in [0.05, 0.1) is 6.10 Å².